The van der Waals surface area contributed by atoms with E-state index in [9.17, 15) is 13.2 Å². The van der Waals surface area contributed by atoms with Crippen LogP contribution < -0.4 is 5.32 Å². The fourth-order valence-corrected chi connectivity index (χ4v) is 2.84. The molecule has 0 radical (unpaired) electrons. The largest absolute Gasteiger partial charge is 0.416 e. The lowest BCUT2D eigenvalue weighted by molar-refractivity contribution is -0.137. The van der Waals surface area contributed by atoms with Gasteiger partial charge in [0.15, 0.2) is 0 Å². The number of rotatable bonds is 2. The summed E-state index contributed by atoms with van der Waals surface area (Å²) in [5.41, 5.74) is 1.28. The summed E-state index contributed by atoms with van der Waals surface area (Å²) in [5, 5.41) is 3.24. The van der Waals surface area contributed by atoms with Crippen molar-refractivity contribution in [3.05, 3.63) is 34.9 Å². The molecule has 1 aromatic carbocycles. The molecule has 100 valence electrons. The molecule has 1 aliphatic carbocycles. The number of hydrogen-bond acceptors (Lipinski definition) is 1. The van der Waals surface area contributed by atoms with E-state index >= 15 is 0 Å². The van der Waals surface area contributed by atoms with Crippen molar-refractivity contribution in [1.82, 2.24) is 5.32 Å². The van der Waals surface area contributed by atoms with E-state index in [1.165, 1.54) is 12.1 Å². The van der Waals surface area contributed by atoms with Crippen molar-refractivity contribution in [2.45, 2.75) is 44.3 Å². The molecule has 2 rings (SSSR count). The summed E-state index contributed by atoms with van der Waals surface area (Å²) < 4.78 is 37.8. The Kier molecular flexibility index (Phi) is 3.66. The van der Waals surface area contributed by atoms with Crippen LogP contribution in [0.2, 0.25) is 0 Å². The topological polar surface area (TPSA) is 12.0 Å². The molecule has 1 aromatic rings. The first-order chi connectivity index (χ1) is 8.41. The molecule has 1 saturated carbocycles. The third-order valence-corrected chi connectivity index (χ3v) is 3.88. The highest BCUT2D eigenvalue weighted by Crippen LogP contribution is 2.38. The second kappa shape index (κ2) is 4.92. The van der Waals surface area contributed by atoms with Crippen LogP contribution in [0, 0.1) is 6.92 Å². The number of aryl methyl sites for hydroxylation is 1. The molecule has 0 bridgehead atoms. The summed E-state index contributed by atoms with van der Waals surface area (Å²) in [6.45, 7) is 1.78. The second-order valence-corrected chi connectivity index (χ2v) is 5.06. The predicted octanol–water partition coefficient (Wildman–Crippen LogP) is 3.87. The van der Waals surface area contributed by atoms with E-state index in [0.717, 1.165) is 30.4 Å². The molecule has 0 aromatic heterocycles. The highest BCUT2D eigenvalue weighted by Gasteiger charge is 2.32. The van der Waals surface area contributed by atoms with E-state index in [1.807, 2.05) is 7.05 Å². The summed E-state index contributed by atoms with van der Waals surface area (Å²) in [4.78, 5) is 0. The van der Waals surface area contributed by atoms with Crippen LogP contribution in [0.5, 0.6) is 0 Å². The molecule has 0 amide bonds. The zero-order chi connectivity index (χ0) is 13.3. The molecule has 0 saturated heterocycles. The fraction of sp³-hybridized carbons (Fsp3) is 0.571. The van der Waals surface area contributed by atoms with Crippen molar-refractivity contribution in [3.8, 4) is 0 Å². The summed E-state index contributed by atoms with van der Waals surface area (Å²) in [7, 11) is 1.94. The normalized spacial score (nSPS) is 24.5. The molecule has 0 aliphatic heterocycles. The number of halogens is 3. The predicted molar refractivity (Wildman–Crippen MR) is 65.6 cm³/mol. The highest BCUT2D eigenvalue weighted by molar-refractivity contribution is 5.35. The summed E-state index contributed by atoms with van der Waals surface area (Å²) in [6.07, 6.45) is -1.07. The first-order valence-corrected chi connectivity index (χ1v) is 6.27. The van der Waals surface area contributed by atoms with E-state index in [2.05, 4.69) is 5.32 Å². The van der Waals surface area contributed by atoms with Crippen LogP contribution in [0.3, 0.4) is 0 Å². The molecule has 1 fully saturated rings. The van der Waals surface area contributed by atoms with Crippen molar-refractivity contribution in [2.75, 3.05) is 7.05 Å². The first-order valence-electron chi connectivity index (χ1n) is 6.27. The molecule has 1 N–H and O–H groups in total. The Bertz CT molecular complexity index is 426. The number of alkyl halides is 3. The second-order valence-electron chi connectivity index (χ2n) is 5.06. The maximum Gasteiger partial charge on any atom is 0.416 e. The number of benzene rings is 1. The monoisotopic (exact) mass is 257 g/mol. The van der Waals surface area contributed by atoms with Gasteiger partial charge in [0.25, 0.3) is 0 Å². The summed E-state index contributed by atoms with van der Waals surface area (Å²) in [5.74, 6) is 0.393. The lowest BCUT2D eigenvalue weighted by Crippen LogP contribution is -2.21. The smallest absolute Gasteiger partial charge is 0.317 e. The van der Waals surface area contributed by atoms with Crippen molar-refractivity contribution in [2.24, 2.45) is 0 Å². The quantitative estimate of drug-likeness (QED) is 0.848. The van der Waals surface area contributed by atoms with Gasteiger partial charge in [-0.1, -0.05) is 6.07 Å². The van der Waals surface area contributed by atoms with Crippen molar-refractivity contribution in [3.63, 3.8) is 0 Å². The number of nitrogens with one attached hydrogen (secondary N) is 1. The zero-order valence-electron chi connectivity index (χ0n) is 10.6. The van der Waals surface area contributed by atoms with Crippen LogP contribution in [0.1, 0.15) is 41.9 Å². The minimum absolute atomic E-state index is 0.393. The Labute approximate surface area is 105 Å². The van der Waals surface area contributed by atoms with E-state index in [0.29, 0.717) is 12.0 Å². The Morgan fingerprint density at radius 3 is 2.44 bits per heavy atom. The van der Waals surface area contributed by atoms with Gasteiger partial charge in [0.1, 0.15) is 0 Å². The van der Waals surface area contributed by atoms with Crippen molar-refractivity contribution >= 4 is 0 Å². The molecule has 2 unspecified atom stereocenters. The van der Waals surface area contributed by atoms with Crippen LogP contribution in [-0.2, 0) is 6.18 Å². The van der Waals surface area contributed by atoms with Crippen LogP contribution in [0.4, 0.5) is 13.2 Å². The number of hydrogen-bond donors (Lipinski definition) is 1. The standard InChI is InChI=1S/C14H18F3N/c1-9-7-11(14(15,16)17)4-6-13(9)10-3-5-12(8-10)18-2/h4,6-7,10,12,18H,3,5,8H2,1-2H3. The lowest BCUT2D eigenvalue weighted by atomic mass is 9.92. The van der Waals surface area contributed by atoms with Gasteiger partial charge in [-0.15, -0.1) is 0 Å². The van der Waals surface area contributed by atoms with Crippen LogP contribution in [-0.4, -0.2) is 13.1 Å². The summed E-state index contributed by atoms with van der Waals surface area (Å²) in [6, 6.07) is 4.62. The highest BCUT2D eigenvalue weighted by atomic mass is 19.4. The maximum atomic E-state index is 12.6. The van der Waals surface area contributed by atoms with Crippen molar-refractivity contribution < 1.29 is 13.2 Å². The maximum absolute atomic E-state index is 12.6. The first kappa shape index (κ1) is 13.4. The molecule has 1 aliphatic rings. The minimum atomic E-state index is -4.24. The summed E-state index contributed by atoms with van der Waals surface area (Å²) >= 11 is 0. The van der Waals surface area contributed by atoms with Crippen LogP contribution >= 0.6 is 0 Å². The fourth-order valence-electron chi connectivity index (χ4n) is 2.84. The molecular formula is C14H18F3N. The van der Waals surface area contributed by atoms with Crippen molar-refractivity contribution in [1.29, 1.82) is 0 Å². The lowest BCUT2D eigenvalue weighted by Gasteiger charge is -2.16. The molecule has 4 heteroatoms. The van der Waals surface area contributed by atoms with Crippen LogP contribution in [0.25, 0.3) is 0 Å². The molecule has 0 spiro atoms. The SMILES string of the molecule is CNC1CCC(c2ccc(C(F)(F)F)cc2C)C1. The van der Waals surface area contributed by atoms with Gasteiger partial charge in [0.2, 0.25) is 0 Å². The minimum Gasteiger partial charge on any atom is -0.317 e. The third kappa shape index (κ3) is 2.69. The molecule has 18 heavy (non-hydrogen) atoms. The van der Waals surface area contributed by atoms with Gasteiger partial charge in [-0.05, 0) is 62.4 Å². The van der Waals surface area contributed by atoms with Gasteiger partial charge in [-0.25, -0.2) is 0 Å². The Hall–Kier alpha value is -1.03. The Morgan fingerprint density at radius 2 is 1.94 bits per heavy atom. The Balaban J connectivity index is 2.21. The van der Waals surface area contributed by atoms with E-state index < -0.39 is 11.7 Å². The van der Waals surface area contributed by atoms with Gasteiger partial charge >= 0.3 is 6.18 Å². The van der Waals surface area contributed by atoms with Gasteiger partial charge in [0, 0.05) is 6.04 Å². The average Bonchev–Trinajstić information content (AvgIpc) is 2.76. The average molecular weight is 257 g/mol. The molecular weight excluding hydrogens is 239 g/mol. The van der Waals surface area contributed by atoms with Crippen LogP contribution in [0.15, 0.2) is 18.2 Å². The van der Waals surface area contributed by atoms with Gasteiger partial charge < -0.3 is 5.32 Å². The zero-order valence-corrected chi connectivity index (χ0v) is 10.6. The molecule has 2 atom stereocenters. The molecule has 0 heterocycles. The van der Waals surface area contributed by atoms with Gasteiger partial charge in [-0.2, -0.15) is 13.2 Å². The van der Waals surface area contributed by atoms with E-state index in [1.54, 1.807) is 13.0 Å². The Morgan fingerprint density at radius 1 is 1.22 bits per heavy atom. The third-order valence-electron chi connectivity index (χ3n) is 3.88. The van der Waals surface area contributed by atoms with E-state index in [-0.39, 0.29) is 0 Å². The molecule has 1 nitrogen and oxygen atoms in total. The van der Waals surface area contributed by atoms with E-state index in [4.69, 9.17) is 0 Å². The van der Waals surface area contributed by atoms with Gasteiger partial charge in [0.05, 0.1) is 5.56 Å². The van der Waals surface area contributed by atoms with Gasteiger partial charge in [-0.3, -0.25) is 0 Å².